The average Bonchev–Trinajstić information content (AvgIpc) is 2.40. The molecule has 0 heterocycles. The number of hydrogen-bond donors (Lipinski definition) is 1. The zero-order chi connectivity index (χ0) is 13.8. The van der Waals surface area contributed by atoms with Crippen LogP contribution in [0.3, 0.4) is 0 Å². The summed E-state index contributed by atoms with van der Waals surface area (Å²) in [6, 6.07) is 10.4. The molecule has 0 bridgehead atoms. The Labute approximate surface area is 114 Å². The Balaban J connectivity index is 2.19. The van der Waals surface area contributed by atoms with Crippen molar-refractivity contribution in [1.82, 2.24) is 0 Å². The third kappa shape index (κ3) is 3.20. The molecule has 0 radical (unpaired) electrons. The van der Waals surface area contributed by atoms with E-state index in [2.05, 4.69) is 5.32 Å². The zero-order valence-corrected chi connectivity index (χ0v) is 10.5. The number of nitrogens with one attached hydrogen (secondary N) is 1. The summed E-state index contributed by atoms with van der Waals surface area (Å²) in [5, 5.41) is 14.0. The van der Waals surface area contributed by atoms with Gasteiger partial charge in [-0.25, -0.2) is 4.39 Å². The minimum absolute atomic E-state index is 0.00237. The Kier molecular flexibility index (Phi) is 3.97. The quantitative estimate of drug-likeness (QED) is 0.680. The van der Waals surface area contributed by atoms with E-state index in [-0.39, 0.29) is 17.9 Å². The van der Waals surface area contributed by atoms with Crippen molar-refractivity contribution in [2.45, 2.75) is 6.54 Å². The molecule has 0 aliphatic carbocycles. The molecule has 0 aliphatic heterocycles. The fourth-order valence-electron chi connectivity index (χ4n) is 1.66. The molecule has 0 aliphatic rings. The maximum absolute atomic E-state index is 13.5. The van der Waals surface area contributed by atoms with Crippen molar-refractivity contribution in [3.8, 4) is 0 Å². The summed E-state index contributed by atoms with van der Waals surface area (Å²) in [5.74, 6) is -0.456. The van der Waals surface area contributed by atoms with Gasteiger partial charge in [0.05, 0.1) is 10.6 Å². The molecule has 6 heteroatoms. The van der Waals surface area contributed by atoms with Gasteiger partial charge in [-0.3, -0.25) is 10.1 Å². The number of para-hydroxylation sites is 1. The van der Waals surface area contributed by atoms with Gasteiger partial charge in [-0.2, -0.15) is 0 Å². The summed E-state index contributed by atoms with van der Waals surface area (Å²) in [6.07, 6.45) is 0. The van der Waals surface area contributed by atoms with Crippen molar-refractivity contribution in [3.63, 3.8) is 0 Å². The highest BCUT2D eigenvalue weighted by molar-refractivity contribution is 6.30. The van der Waals surface area contributed by atoms with Crippen LogP contribution >= 0.6 is 11.6 Å². The fourth-order valence-corrected chi connectivity index (χ4v) is 1.83. The monoisotopic (exact) mass is 280 g/mol. The highest BCUT2D eigenvalue weighted by Crippen LogP contribution is 2.22. The second-order valence-corrected chi connectivity index (χ2v) is 4.30. The average molecular weight is 281 g/mol. The van der Waals surface area contributed by atoms with Crippen LogP contribution in [0.5, 0.6) is 0 Å². The molecule has 1 N–H and O–H groups in total. The Hall–Kier alpha value is -2.14. The van der Waals surface area contributed by atoms with Crippen molar-refractivity contribution < 1.29 is 9.31 Å². The molecule has 0 fully saturated rings. The van der Waals surface area contributed by atoms with Gasteiger partial charge >= 0.3 is 0 Å². The second kappa shape index (κ2) is 5.67. The third-order valence-corrected chi connectivity index (χ3v) is 2.82. The largest absolute Gasteiger partial charge is 0.378 e. The number of nitro benzene ring substituents is 1. The number of rotatable bonds is 4. The number of hydrogen-bond acceptors (Lipinski definition) is 3. The van der Waals surface area contributed by atoms with Crippen molar-refractivity contribution in [2.24, 2.45) is 0 Å². The summed E-state index contributed by atoms with van der Waals surface area (Å²) in [4.78, 5) is 10.4. The number of nitrogens with zero attached hydrogens (tertiary/aromatic N) is 1. The molecule has 0 aromatic heterocycles. The van der Waals surface area contributed by atoms with Gasteiger partial charge < -0.3 is 5.32 Å². The zero-order valence-electron chi connectivity index (χ0n) is 9.77. The van der Waals surface area contributed by atoms with E-state index in [0.29, 0.717) is 10.6 Å². The van der Waals surface area contributed by atoms with Crippen molar-refractivity contribution >= 4 is 23.0 Å². The summed E-state index contributed by atoms with van der Waals surface area (Å²) in [5.41, 5.74) is 0.690. The first-order valence-electron chi connectivity index (χ1n) is 5.49. The first-order valence-corrected chi connectivity index (χ1v) is 5.87. The van der Waals surface area contributed by atoms with Crippen molar-refractivity contribution in [3.05, 3.63) is 69.0 Å². The molecule has 2 aromatic carbocycles. The van der Waals surface area contributed by atoms with E-state index >= 15 is 0 Å². The Morgan fingerprint density at radius 3 is 2.74 bits per heavy atom. The molecular formula is C13H10ClFN2O2. The van der Waals surface area contributed by atoms with Gasteiger partial charge in [0.25, 0.3) is 5.69 Å². The molecule has 0 unspecified atom stereocenters. The first kappa shape index (κ1) is 13.3. The Morgan fingerprint density at radius 2 is 2.00 bits per heavy atom. The maximum atomic E-state index is 13.5. The molecule has 0 spiro atoms. The Morgan fingerprint density at radius 1 is 1.26 bits per heavy atom. The molecule has 2 aromatic rings. The molecule has 0 saturated heterocycles. The van der Waals surface area contributed by atoms with E-state index < -0.39 is 10.7 Å². The summed E-state index contributed by atoms with van der Waals surface area (Å²) < 4.78 is 13.5. The molecule has 4 nitrogen and oxygen atoms in total. The smallest absolute Gasteiger partial charge is 0.274 e. The number of nitro groups is 1. The standard InChI is InChI=1S/C13H10ClFN2O2/c14-10-5-6-11(15)12(7-10)16-8-9-3-1-2-4-13(9)17(18)19/h1-7,16H,8H2. The van der Waals surface area contributed by atoms with E-state index in [0.717, 1.165) is 0 Å². The van der Waals surface area contributed by atoms with Crippen LogP contribution in [0.15, 0.2) is 42.5 Å². The van der Waals surface area contributed by atoms with Crippen LogP contribution in [0, 0.1) is 15.9 Å². The molecule has 19 heavy (non-hydrogen) atoms. The predicted octanol–water partition coefficient (Wildman–Crippen LogP) is 4.00. The van der Waals surface area contributed by atoms with Crippen molar-refractivity contribution in [1.29, 1.82) is 0 Å². The van der Waals surface area contributed by atoms with Gasteiger partial charge in [0, 0.05) is 23.2 Å². The minimum Gasteiger partial charge on any atom is -0.378 e. The van der Waals surface area contributed by atoms with Crippen LogP contribution < -0.4 is 5.32 Å². The lowest BCUT2D eigenvalue weighted by Crippen LogP contribution is -2.04. The topological polar surface area (TPSA) is 55.2 Å². The summed E-state index contributed by atoms with van der Waals surface area (Å²) in [7, 11) is 0. The van der Waals surface area contributed by atoms with Crippen LogP contribution in [0.4, 0.5) is 15.8 Å². The van der Waals surface area contributed by atoms with Crippen LogP contribution in [-0.2, 0) is 6.54 Å². The van der Waals surface area contributed by atoms with Gasteiger partial charge in [-0.05, 0) is 18.2 Å². The van der Waals surface area contributed by atoms with Crippen LogP contribution in [-0.4, -0.2) is 4.92 Å². The van der Waals surface area contributed by atoms with Gasteiger partial charge in [-0.1, -0.05) is 29.8 Å². The second-order valence-electron chi connectivity index (χ2n) is 3.86. The summed E-state index contributed by atoms with van der Waals surface area (Å²) >= 11 is 5.77. The normalized spacial score (nSPS) is 10.2. The number of anilines is 1. The van der Waals surface area contributed by atoms with Crippen LogP contribution in [0.1, 0.15) is 5.56 Å². The lowest BCUT2D eigenvalue weighted by atomic mass is 10.1. The van der Waals surface area contributed by atoms with E-state index in [1.807, 2.05) is 0 Å². The third-order valence-electron chi connectivity index (χ3n) is 2.59. The minimum atomic E-state index is -0.467. The fraction of sp³-hybridized carbons (Fsp3) is 0.0769. The molecule has 0 saturated carbocycles. The number of benzene rings is 2. The van der Waals surface area contributed by atoms with Gasteiger partial charge in [0.2, 0.25) is 0 Å². The van der Waals surface area contributed by atoms with Crippen LogP contribution in [0.2, 0.25) is 5.02 Å². The van der Waals surface area contributed by atoms with E-state index in [4.69, 9.17) is 11.6 Å². The number of halogens is 2. The first-order chi connectivity index (χ1) is 9.08. The lowest BCUT2D eigenvalue weighted by molar-refractivity contribution is -0.385. The van der Waals surface area contributed by atoms with Gasteiger partial charge in [0.15, 0.2) is 0 Å². The highest BCUT2D eigenvalue weighted by atomic mass is 35.5. The van der Waals surface area contributed by atoms with E-state index in [9.17, 15) is 14.5 Å². The van der Waals surface area contributed by atoms with Gasteiger partial charge in [-0.15, -0.1) is 0 Å². The maximum Gasteiger partial charge on any atom is 0.274 e. The van der Waals surface area contributed by atoms with E-state index in [1.165, 1.54) is 24.3 Å². The Bertz CT molecular complexity index is 619. The van der Waals surface area contributed by atoms with Gasteiger partial charge in [0.1, 0.15) is 5.82 Å². The molecule has 98 valence electrons. The molecular weight excluding hydrogens is 271 g/mol. The molecule has 2 rings (SSSR count). The molecule has 0 atom stereocenters. The highest BCUT2D eigenvalue weighted by Gasteiger charge is 2.12. The SMILES string of the molecule is O=[N+]([O-])c1ccccc1CNc1cc(Cl)ccc1F. The predicted molar refractivity (Wildman–Crippen MR) is 71.8 cm³/mol. The molecule has 0 amide bonds. The van der Waals surface area contributed by atoms with E-state index in [1.54, 1.807) is 18.2 Å². The summed E-state index contributed by atoms with van der Waals surface area (Å²) in [6.45, 7) is 0.147. The van der Waals surface area contributed by atoms with Crippen LogP contribution in [0.25, 0.3) is 0 Å². The van der Waals surface area contributed by atoms with Crippen molar-refractivity contribution in [2.75, 3.05) is 5.32 Å². The lowest BCUT2D eigenvalue weighted by Gasteiger charge is -2.08.